The normalized spacial score (nSPS) is 12.3. The molecule has 6 rings (SSSR count). The van der Waals surface area contributed by atoms with Crippen LogP contribution in [0.15, 0.2) is 92.8 Å². The summed E-state index contributed by atoms with van der Waals surface area (Å²) < 4.78 is 67.2. The van der Waals surface area contributed by atoms with Crippen molar-refractivity contribution in [3.63, 3.8) is 0 Å². The van der Waals surface area contributed by atoms with E-state index >= 15 is 0 Å². The van der Waals surface area contributed by atoms with Crippen LogP contribution in [0.25, 0.3) is 41.6 Å². The van der Waals surface area contributed by atoms with Gasteiger partial charge in [-0.1, -0.05) is 0 Å². The lowest BCUT2D eigenvalue weighted by molar-refractivity contribution is 0.0682. The first-order valence-corrected chi connectivity index (χ1v) is 17.1. The van der Waals surface area contributed by atoms with Crippen molar-refractivity contribution in [1.82, 2.24) is 9.97 Å². The van der Waals surface area contributed by atoms with Gasteiger partial charge in [0.2, 0.25) is 0 Å². The van der Waals surface area contributed by atoms with Crippen molar-refractivity contribution in [3.05, 3.63) is 83.9 Å². The molecule has 4 N–H and O–H groups in total. The Labute approximate surface area is 266 Å². The number of carboxylic acid groups (broad SMARTS) is 2. The first kappa shape index (κ1) is 31.0. The second kappa shape index (κ2) is 11.4. The van der Waals surface area contributed by atoms with Gasteiger partial charge in [-0.3, -0.25) is 9.11 Å². The number of carboxylic acids is 2. The molecule has 0 aliphatic carbocycles. The first-order chi connectivity index (χ1) is 21.7. The van der Waals surface area contributed by atoms with Crippen LogP contribution in [0.5, 0.6) is 0 Å². The summed E-state index contributed by atoms with van der Waals surface area (Å²) in [5, 5.41) is 27.9. The van der Waals surface area contributed by atoms with Crippen LogP contribution in [0.4, 0.5) is 11.4 Å². The van der Waals surface area contributed by atoms with Crippen molar-refractivity contribution >= 4 is 86.7 Å². The molecule has 0 amide bonds. The topological polar surface area (TPSA) is 234 Å². The van der Waals surface area contributed by atoms with E-state index in [1.54, 1.807) is 48.5 Å². The maximum Gasteiger partial charge on any atom is 0.337 e. The van der Waals surface area contributed by atoms with Gasteiger partial charge in [-0.05, 0) is 72.8 Å². The highest BCUT2D eigenvalue weighted by atomic mass is 32.2. The van der Waals surface area contributed by atoms with E-state index in [1.165, 1.54) is 12.1 Å². The summed E-state index contributed by atoms with van der Waals surface area (Å²) in [4.78, 5) is 30.4. The van der Waals surface area contributed by atoms with E-state index in [0.717, 1.165) is 34.8 Å². The van der Waals surface area contributed by atoms with Crippen LogP contribution in [0, 0.1) is 0 Å². The third kappa shape index (κ3) is 5.87. The highest BCUT2D eigenvalue weighted by Gasteiger charge is 2.27. The molecule has 0 fully saturated rings. The Kier molecular flexibility index (Phi) is 7.71. The standard InChI is InChI=1S/C28H16N4O10S4/c33-27(34)17-9-11-19-21(23(17)45(37,38)39)43-25(29-19)13-1-5-15(6-2-13)31-32-16-7-3-14(4-8-16)26-30-20-12-10-18(28(35)36)24(22(20)44-26)46(40,41)42/h1-12H,(H,33,34)(H,35,36)(H,37,38,39)(H,40,41,42). The summed E-state index contributed by atoms with van der Waals surface area (Å²) in [6, 6.07) is 18.1. The zero-order valence-corrected chi connectivity index (χ0v) is 25.9. The first-order valence-electron chi connectivity index (χ1n) is 12.6. The van der Waals surface area contributed by atoms with Crippen molar-refractivity contribution in [3.8, 4) is 21.1 Å². The van der Waals surface area contributed by atoms with Crippen molar-refractivity contribution in [2.75, 3.05) is 0 Å². The van der Waals surface area contributed by atoms with Crippen LogP contribution in [-0.4, -0.2) is 58.1 Å². The molecular formula is C28H16N4O10S4. The van der Waals surface area contributed by atoms with Crippen LogP contribution in [-0.2, 0) is 20.2 Å². The maximum atomic E-state index is 12.0. The Morgan fingerprint density at radius 2 is 0.913 bits per heavy atom. The fraction of sp³-hybridized carbons (Fsp3) is 0. The number of hydrogen-bond donors (Lipinski definition) is 4. The van der Waals surface area contributed by atoms with Crippen LogP contribution in [0.2, 0.25) is 0 Å². The summed E-state index contributed by atoms with van der Waals surface area (Å²) in [6.07, 6.45) is 0. The summed E-state index contributed by atoms with van der Waals surface area (Å²) >= 11 is 1.83. The molecule has 0 aliphatic heterocycles. The SMILES string of the molecule is O=C(O)c1ccc2nc(-c3ccc(N=Nc4ccc(-c5nc6ccc(C(=O)O)c(S(=O)(=O)O)c6s5)cc4)cc3)sc2c1S(=O)(=O)O. The Bertz CT molecular complexity index is 2300. The molecule has 0 saturated carbocycles. The van der Waals surface area contributed by atoms with Crippen molar-refractivity contribution in [2.24, 2.45) is 10.2 Å². The smallest absolute Gasteiger partial charge is 0.337 e. The van der Waals surface area contributed by atoms with Gasteiger partial charge in [0, 0.05) is 11.1 Å². The van der Waals surface area contributed by atoms with Crippen LogP contribution in [0.3, 0.4) is 0 Å². The van der Waals surface area contributed by atoms with E-state index in [9.17, 15) is 45.7 Å². The molecule has 46 heavy (non-hydrogen) atoms. The molecule has 2 heterocycles. The second-order valence-corrected chi connectivity index (χ2v) is 14.2. The Balaban J connectivity index is 1.23. The van der Waals surface area contributed by atoms with Crippen molar-refractivity contribution in [1.29, 1.82) is 0 Å². The Morgan fingerprint density at radius 3 is 1.22 bits per heavy atom. The van der Waals surface area contributed by atoms with Gasteiger partial charge in [0.1, 0.15) is 19.8 Å². The number of aromatic nitrogens is 2. The van der Waals surface area contributed by atoms with Gasteiger partial charge in [0.25, 0.3) is 20.2 Å². The van der Waals surface area contributed by atoms with E-state index in [4.69, 9.17) is 0 Å². The van der Waals surface area contributed by atoms with Crippen LogP contribution >= 0.6 is 22.7 Å². The molecule has 18 heteroatoms. The van der Waals surface area contributed by atoms with Crippen LogP contribution < -0.4 is 0 Å². The second-order valence-electron chi connectivity index (χ2n) is 9.47. The molecule has 0 spiro atoms. The number of hydrogen-bond acceptors (Lipinski definition) is 12. The summed E-state index contributed by atoms with van der Waals surface area (Å²) in [5.41, 5.74) is 1.42. The molecule has 2 aromatic heterocycles. The summed E-state index contributed by atoms with van der Waals surface area (Å²) in [6.45, 7) is 0. The lowest BCUT2D eigenvalue weighted by atomic mass is 10.2. The van der Waals surface area contributed by atoms with Gasteiger partial charge in [-0.15, -0.1) is 22.7 Å². The molecular weight excluding hydrogens is 681 g/mol. The minimum absolute atomic E-state index is 0.0133. The van der Waals surface area contributed by atoms with E-state index in [1.807, 2.05) is 0 Å². The number of benzene rings is 4. The number of thiazole rings is 2. The third-order valence-electron chi connectivity index (χ3n) is 6.51. The summed E-state index contributed by atoms with van der Waals surface area (Å²) in [7, 11) is -9.68. The summed E-state index contributed by atoms with van der Waals surface area (Å²) in [5.74, 6) is -3.01. The lowest BCUT2D eigenvalue weighted by Crippen LogP contribution is -2.08. The molecule has 0 radical (unpaired) electrons. The number of azo groups is 1. The Hall–Kier alpha value is -4.98. The average Bonchev–Trinajstić information content (AvgIpc) is 3.63. The van der Waals surface area contributed by atoms with Gasteiger partial charge in [-0.25, -0.2) is 19.6 Å². The third-order valence-corrected chi connectivity index (χ3v) is 10.9. The van der Waals surface area contributed by atoms with E-state index in [0.29, 0.717) is 32.5 Å². The predicted molar refractivity (Wildman–Crippen MR) is 168 cm³/mol. The molecule has 14 nitrogen and oxygen atoms in total. The van der Waals surface area contributed by atoms with E-state index < -0.39 is 53.1 Å². The lowest BCUT2D eigenvalue weighted by Gasteiger charge is -2.03. The predicted octanol–water partition coefficient (Wildman–Crippen LogP) is 6.55. The number of fused-ring (bicyclic) bond motifs is 2. The number of aromatic carboxylic acids is 2. The minimum atomic E-state index is -4.84. The maximum absolute atomic E-state index is 12.0. The largest absolute Gasteiger partial charge is 0.478 e. The number of carbonyl (C=O) groups is 2. The van der Waals surface area contributed by atoms with Gasteiger partial charge in [0.05, 0.1) is 42.9 Å². The Morgan fingerprint density at radius 1 is 0.565 bits per heavy atom. The molecule has 0 unspecified atom stereocenters. The highest BCUT2D eigenvalue weighted by molar-refractivity contribution is 7.86. The quantitative estimate of drug-likeness (QED) is 0.0980. The number of nitrogens with zero attached hydrogens (tertiary/aromatic N) is 4. The highest BCUT2D eigenvalue weighted by Crippen LogP contribution is 2.38. The fourth-order valence-corrected chi connectivity index (χ4v) is 8.94. The molecule has 4 aromatic carbocycles. The molecule has 0 atom stereocenters. The molecule has 0 bridgehead atoms. The molecule has 0 aliphatic rings. The number of rotatable bonds is 8. The zero-order valence-electron chi connectivity index (χ0n) is 22.6. The fourth-order valence-electron chi connectivity index (χ4n) is 4.49. The molecule has 6 aromatic rings. The van der Waals surface area contributed by atoms with E-state index in [2.05, 4.69) is 20.2 Å². The zero-order chi connectivity index (χ0) is 33.0. The minimum Gasteiger partial charge on any atom is -0.478 e. The van der Waals surface area contributed by atoms with Crippen molar-refractivity contribution < 1.29 is 45.7 Å². The monoisotopic (exact) mass is 696 g/mol. The van der Waals surface area contributed by atoms with Gasteiger partial charge < -0.3 is 10.2 Å². The van der Waals surface area contributed by atoms with Gasteiger partial charge >= 0.3 is 11.9 Å². The van der Waals surface area contributed by atoms with E-state index in [-0.39, 0.29) is 20.4 Å². The van der Waals surface area contributed by atoms with Crippen molar-refractivity contribution in [2.45, 2.75) is 9.79 Å². The van der Waals surface area contributed by atoms with Gasteiger partial charge in [0.15, 0.2) is 0 Å². The van der Waals surface area contributed by atoms with Crippen LogP contribution in [0.1, 0.15) is 20.7 Å². The average molecular weight is 697 g/mol. The molecule has 0 saturated heterocycles. The van der Waals surface area contributed by atoms with Gasteiger partial charge in [-0.2, -0.15) is 27.1 Å². The molecule has 232 valence electrons.